The molecule has 1 fully saturated rings. The highest BCUT2D eigenvalue weighted by Gasteiger charge is 2.31. The summed E-state index contributed by atoms with van der Waals surface area (Å²) in [6, 6.07) is 9.91. The van der Waals surface area contributed by atoms with Crippen LogP contribution in [0.2, 0.25) is 0 Å². The molecule has 2 atom stereocenters. The number of rotatable bonds is 3. The molecule has 0 aromatic heterocycles. The second kappa shape index (κ2) is 6.57. The van der Waals surface area contributed by atoms with Crippen molar-refractivity contribution in [2.75, 3.05) is 13.1 Å². The van der Waals surface area contributed by atoms with Crippen molar-refractivity contribution in [1.29, 1.82) is 0 Å². The van der Waals surface area contributed by atoms with E-state index in [1.54, 1.807) is 0 Å². The number of nitrogens with two attached hydrogens (primary N) is 1. The van der Waals surface area contributed by atoms with Gasteiger partial charge < -0.3 is 15.4 Å². The molecule has 1 aliphatic rings. The van der Waals surface area contributed by atoms with Gasteiger partial charge in [0.15, 0.2) is 0 Å². The Labute approximate surface area is 114 Å². The van der Waals surface area contributed by atoms with E-state index in [1.807, 2.05) is 35.2 Å². The predicted molar refractivity (Wildman–Crippen MR) is 74.6 cm³/mol. The van der Waals surface area contributed by atoms with Crippen LogP contribution in [0.3, 0.4) is 0 Å². The van der Waals surface area contributed by atoms with Crippen LogP contribution in [0.25, 0.3) is 0 Å². The molecular formula is C15H22N2O2. The van der Waals surface area contributed by atoms with Crippen molar-refractivity contribution in [3.63, 3.8) is 0 Å². The SMILES string of the molecule is C[C@@H]1[C@@H](CN)CCCN1C(=O)OCc1ccccc1. The Morgan fingerprint density at radius 2 is 2.16 bits per heavy atom. The highest BCUT2D eigenvalue weighted by molar-refractivity contribution is 5.68. The summed E-state index contributed by atoms with van der Waals surface area (Å²) in [7, 11) is 0. The van der Waals surface area contributed by atoms with Gasteiger partial charge in [0.05, 0.1) is 0 Å². The van der Waals surface area contributed by atoms with Gasteiger partial charge in [0.25, 0.3) is 0 Å². The number of carbonyl (C=O) groups is 1. The van der Waals surface area contributed by atoms with Gasteiger partial charge in [0.2, 0.25) is 0 Å². The lowest BCUT2D eigenvalue weighted by Gasteiger charge is -2.38. The van der Waals surface area contributed by atoms with Gasteiger partial charge >= 0.3 is 6.09 Å². The summed E-state index contributed by atoms with van der Waals surface area (Å²) in [4.78, 5) is 13.9. The van der Waals surface area contributed by atoms with E-state index in [1.165, 1.54) is 0 Å². The van der Waals surface area contributed by atoms with Crippen LogP contribution >= 0.6 is 0 Å². The monoisotopic (exact) mass is 262 g/mol. The minimum atomic E-state index is -0.227. The zero-order valence-electron chi connectivity index (χ0n) is 11.4. The molecule has 1 aromatic carbocycles. The molecule has 1 heterocycles. The Bertz CT molecular complexity index is 408. The Morgan fingerprint density at radius 1 is 1.42 bits per heavy atom. The first-order valence-corrected chi connectivity index (χ1v) is 6.89. The first-order valence-electron chi connectivity index (χ1n) is 6.89. The number of ether oxygens (including phenoxy) is 1. The van der Waals surface area contributed by atoms with E-state index in [2.05, 4.69) is 6.92 Å². The number of hydrogen-bond acceptors (Lipinski definition) is 3. The number of amides is 1. The third-order valence-corrected chi connectivity index (χ3v) is 3.89. The van der Waals surface area contributed by atoms with E-state index in [-0.39, 0.29) is 12.1 Å². The first-order chi connectivity index (χ1) is 9.22. The van der Waals surface area contributed by atoms with Crippen molar-refractivity contribution in [3.8, 4) is 0 Å². The van der Waals surface area contributed by atoms with Crippen molar-refractivity contribution in [2.45, 2.75) is 32.4 Å². The van der Waals surface area contributed by atoms with Crippen LogP contribution in [0.15, 0.2) is 30.3 Å². The van der Waals surface area contributed by atoms with E-state index in [0.29, 0.717) is 19.1 Å². The molecular weight excluding hydrogens is 240 g/mol. The molecule has 4 heteroatoms. The van der Waals surface area contributed by atoms with Crippen LogP contribution in [-0.2, 0) is 11.3 Å². The minimum absolute atomic E-state index is 0.169. The molecule has 4 nitrogen and oxygen atoms in total. The van der Waals surface area contributed by atoms with Crippen molar-refractivity contribution in [1.82, 2.24) is 4.90 Å². The van der Waals surface area contributed by atoms with Crippen LogP contribution in [0.4, 0.5) is 4.79 Å². The highest BCUT2D eigenvalue weighted by Crippen LogP contribution is 2.23. The molecule has 2 rings (SSSR count). The average Bonchev–Trinajstić information content (AvgIpc) is 2.46. The minimum Gasteiger partial charge on any atom is -0.445 e. The molecule has 1 aromatic rings. The summed E-state index contributed by atoms with van der Waals surface area (Å²) < 4.78 is 5.38. The second-order valence-electron chi connectivity index (χ2n) is 5.11. The maximum atomic E-state index is 12.1. The quantitative estimate of drug-likeness (QED) is 0.910. The predicted octanol–water partition coefficient (Wildman–Crippen LogP) is 2.38. The lowest BCUT2D eigenvalue weighted by Crippen LogP contribution is -2.48. The largest absolute Gasteiger partial charge is 0.445 e. The fraction of sp³-hybridized carbons (Fsp3) is 0.533. The number of hydrogen-bond donors (Lipinski definition) is 1. The molecule has 0 aliphatic carbocycles. The normalized spacial score (nSPS) is 23.2. The second-order valence-corrected chi connectivity index (χ2v) is 5.11. The zero-order chi connectivity index (χ0) is 13.7. The van der Waals surface area contributed by atoms with Gasteiger partial charge in [-0.3, -0.25) is 0 Å². The number of benzene rings is 1. The van der Waals surface area contributed by atoms with Crippen LogP contribution in [0.1, 0.15) is 25.3 Å². The van der Waals surface area contributed by atoms with Crippen LogP contribution in [0.5, 0.6) is 0 Å². The molecule has 19 heavy (non-hydrogen) atoms. The molecule has 0 spiro atoms. The highest BCUT2D eigenvalue weighted by atomic mass is 16.6. The fourth-order valence-corrected chi connectivity index (χ4v) is 2.60. The molecule has 1 aliphatic heterocycles. The van der Waals surface area contributed by atoms with Crippen LogP contribution in [-0.4, -0.2) is 30.1 Å². The smallest absolute Gasteiger partial charge is 0.410 e. The summed E-state index contributed by atoms with van der Waals surface area (Å²) in [5, 5.41) is 0. The maximum absolute atomic E-state index is 12.1. The topological polar surface area (TPSA) is 55.6 Å². The fourth-order valence-electron chi connectivity index (χ4n) is 2.60. The third kappa shape index (κ3) is 3.47. The lowest BCUT2D eigenvalue weighted by atomic mass is 9.91. The van der Waals surface area contributed by atoms with Crippen molar-refractivity contribution < 1.29 is 9.53 Å². The van der Waals surface area contributed by atoms with Gasteiger partial charge in [-0.25, -0.2) is 4.79 Å². The van der Waals surface area contributed by atoms with Crippen LogP contribution in [0, 0.1) is 5.92 Å². The molecule has 1 amide bonds. The van der Waals surface area contributed by atoms with E-state index >= 15 is 0 Å². The molecule has 104 valence electrons. The summed E-state index contributed by atoms with van der Waals surface area (Å²) in [6.07, 6.45) is 1.88. The third-order valence-electron chi connectivity index (χ3n) is 3.89. The van der Waals surface area contributed by atoms with Gasteiger partial charge in [0.1, 0.15) is 6.61 Å². The zero-order valence-corrected chi connectivity index (χ0v) is 11.4. The Kier molecular flexibility index (Phi) is 4.80. The van der Waals surface area contributed by atoms with Gasteiger partial charge in [-0.1, -0.05) is 30.3 Å². The number of nitrogens with zero attached hydrogens (tertiary/aromatic N) is 1. The number of carbonyl (C=O) groups excluding carboxylic acids is 1. The van der Waals surface area contributed by atoms with Gasteiger partial charge in [-0.2, -0.15) is 0 Å². The first kappa shape index (κ1) is 13.9. The van der Waals surface area contributed by atoms with Crippen molar-refractivity contribution in [3.05, 3.63) is 35.9 Å². The van der Waals surface area contributed by atoms with Gasteiger partial charge in [-0.05, 0) is 37.8 Å². The van der Waals surface area contributed by atoms with Gasteiger partial charge in [0, 0.05) is 12.6 Å². The Morgan fingerprint density at radius 3 is 2.84 bits per heavy atom. The van der Waals surface area contributed by atoms with E-state index in [0.717, 1.165) is 24.9 Å². The summed E-state index contributed by atoms with van der Waals surface area (Å²) in [5.41, 5.74) is 6.75. The van der Waals surface area contributed by atoms with E-state index < -0.39 is 0 Å². The lowest BCUT2D eigenvalue weighted by molar-refractivity contribution is 0.0557. The van der Waals surface area contributed by atoms with E-state index in [4.69, 9.17) is 10.5 Å². The average molecular weight is 262 g/mol. The summed E-state index contributed by atoms with van der Waals surface area (Å²) >= 11 is 0. The number of likely N-dealkylation sites (tertiary alicyclic amines) is 1. The molecule has 2 N–H and O–H groups in total. The van der Waals surface area contributed by atoms with E-state index in [9.17, 15) is 4.79 Å². The molecule has 0 unspecified atom stereocenters. The Balaban J connectivity index is 1.89. The van der Waals surface area contributed by atoms with Crippen LogP contribution < -0.4 is 5.73 Å². The molecule has 0 radical (unpaired) electrons. The summed E-state index contributed by atoms with van der Waals surface area (Å²) in [5.74, 6) is 0.387. The molecule has 1 saturated heterocycles. The standard InChI is InChI=1S/C15H22N2O2/c1-12-14(10-16)8-5-9-17(12)15(18)19-11-13-6-3-2-4-7-13/h2-4,6-7,12,14H,5,8-11,16H2,1H3/t12-,14-/m1/s1. The molecule has 0 bridgehead atoms. The summed E-state index contributed by atoms with van der Waals surface area (Å²) in [6.45, 7) is 3.78. The van der Waals surface area contributed by atoms with Gasteiger partial charge in [-0.15, -0.1) is 0 Å². The molecule has 0 saturated carbocycles. The number of piperidine rings is 1. The Hall–Kier alpha value is -1.55. The van der Waals surface area contributed by atoms with Crippen molar-refractivity contribution >= 4 is 6.09 Å². The maximum Gasteiger partial charge on any atom is 0.410 e. The van der Waals surface area contributed by atoms with Crippen molar-refractivity contribution in [2.24, 2.45) is 11.7 Å².